The molecular weight excluding hydrogens is 192 g/mol. The first kappa shape index (κ1) is 7.79. The lowest BCUT2D eigenvalue weighted by molar-refractivity contribution is 0.747. The standard InChI is InChI=1S/C7H11BrN2/c1-6-7(2)10(4-3-8)5-9-6/h5H,3-4H2,1-2H3. The summed E-state index contributed by atoms with van der Waals surface area (Å²) in [7, 11) is 0. The van der Waals surface area contributed by atoms with Crippen LogP contribution in [0.25, 0.3) is 0 Å². The van der Waals surface area contributed by atoms with Crippen LogP contribution in [0, 0.1) is 13.8 Å². The van der Waals surface area contributed by atoms with Gasteiger partial charge in [-0.2, -0.15) is 0 Å². The van der Waals surface area contributed by atoms with E-state index in [1.165, 1.54) is 5.69 Å². The Morgan fingerprint density at radius 3 is 2.70 bits per heavy atom. The van der Waals surface area contributed by atoms with Gasteiger partial charge in [0.1, 0.15) is 0 Å². The molecule has 0 N–H and O–H groups in total. The lowest BCUT2D eigenvalue weighted by atomic mass is 10.4. The van der Waals surface area contributed by atoms with Gasteiger partial charge in [0.05, 0.1) is 12.0 Å². The first-order valence-electron chi connectivity index (χ1n) is 3.30. The van der Waals surface area contributed by atoms with Crippen molar-refractivity contribution in [1.29, 1.82) is 0 Å². The van der Waals surface area contributed by atoms with E-state index in [0.717, 1.165) is 17.6 Å². The highest BCUT2D eigenvalue weighted by Gasteiger charge is 1.98. The van der Waals surface area contributed by atoms with Crippen molar-refractivity contribution in [2.45, 2.75) is 20.4 Å². The molecule has 0 spiro atoms. The highest BCUT2D eigenvalue weighted by atomic mass is 79.9. The van der Waals surface area contributed by atoms with Gasteiger partial charge in [-0.15, -0.1) is 0 Å². The van der Waals surface area contributed by atoms with Crippen LogP contribution >= 0.6 is 15.9 Å². The largest absolute Gasteiger partial charge is 0.334 e. The van der Waals surface area contributed by atoms with Crippen LogP contribution in [0.4, 0.5) is 0 Å². The Labute approximate surface area is 69.4 Å². The van der Waals surface area contributed by atoms with Crippen molar-refractivity contribution in [3.8, 4) is 0 Å². The number of aromatic nitrogens is 2. The van der Waals surface area contributed by atoms with E-state index in [9.17, 15) is 0 Å². The molecule has 0 fully saturated rings. The Balaban J connectivity index is 2.83. The summed E-state index contributed by atoms with van der Waals surface area (Å²) in [5, 5.41) is 0.990. The molecule has 3 heteroatoms. The second kappa shape index (κ2) is 3.19. The third-order valence-corrected chi connectivity index (χ3v) is 2.03. The van der Waals surface area contributed by atoms with E-state index >= 15 is 0 Å². The molecular formula is C7H11BrN2. The molecule has 1 heterocycles. The second-order valence-corrected chi connectivity index (χ2v) is 3.09. The minimum absolute atomic E-state index is 0.990. The van der Waals surface area contributed by atoms with Crippen LogP contribution in [0.2, 0.25) is 0 Å². The van der Waals surface area contributed by atoms with Crippen molar-refractivity contribution in [2.24, 2.45) is 0 Å². The molecule has 0 aliphatic heterocycles. The predicted molar refractivity (Wildman–Crippen MR) is 45.5 cm³/mol. The van der Waals surface area contributed by atoms with Crippen LogP contribution in [0.5, 0.6) is 0 Å². The van der Waals surface area contributed by atoms with Crippen LogP contribution in [-0.4, -0.2) is 14.9 Å². The topological polar surface area (TPSA) is 17.8 Å². The van der Waals surface area contributed by atoms with Crippen molar-refractivity contribution in [3.63, 3.8) is 0 Å². The minimum atomic E-state index is 0.990. The highest BCUT2D eigenvalue weighted by Crippen LogP contribution is 2.03. The maximum Gasteiger partial charge on any atom is 0.0951 e. The molecule has 0 unspecified atom stereocenters. The van der Waals surface area contributed by atoms with Gasteiger partial charge < -0.3 is 4.57 Å². The van der Waals surface area contributed by atoms with Gasteiger partial charge in [0.15, 0.2) is 0 Å². The Bertz CT molecular complexity index is 217. The van der Waals surface area contributed by atoms with Gasteiger partial charge in [-0.25, -0.2) is 4.98 Å². The molecule has 1 aromatic heterocycles. The van der Waals surface area contributed by atoms with Crippen LogP contribution in [0.1, 0.15) is 11.4 Å². The summed E-state index contributed by atoms with van der Waals surface area (Å²) in [6.07, 6.45) is 1.88. The quantitative estimate of drug-likeness (QED) is 0.671. The van der Waals surface area contributed by atoms with Crippen molar-refractivity contribution < 1.29 is 0 Å². The maximum atomic E-state index is 4.18. The molecule has 56 valence electrons. The van der Waals surface area contributed by atoms with E-state index in [1.54, 1.807) is 0 Å². The van der Waals surface area contributed by atoms with Gasteiger partial charge in [0, 0.05) is 17.6 Å². The molecule has 0 aliphatic carbocycles. The number of rotatable bonds is 2. The van der Waals surface area contributed by atoms with Crippen molar-refractivity contribution >= 4 is 15.9 Å². The summed E-state index contributed by atoms with van der Waals surface area (Å²) in [4.78, 5) is 4.18. The SMILES string of the molecule is Cc1ncn(CCBr)c1C. The lowest BCUT2D eigenvalue weighted by Gasteiger charge is -2.00. The average Bonchev–Trinajstić information content (AvgIpc) is 2.20. The Morgan fingerprint density at radius 1 is 1.60 bits per heavy atom. The summed E-state index contributed by atoms with van der Waals surface area (Å²) in [5.74, 6) is 0. The van der Waals surface area contributed by atoms with Gasteiger partial charge in [0.25, 0.3) is 0 Å². The monoisotopic (exact) mass is 202 g/mol. The second-order valence-electron chi connectivity index (χ2n) is 2.30. The summed E-state index contributed by atoms with van der Waals surface area (Å²) in [6.45, 7) is 5.12. The van der Waals surface area contributed by atoms with Crippen molar-refractivity contribution in [2.75, 3.05) is 5.33 Å². The molecule has 0 amide bonds. The maximum absolute atomic E-state index is 4.18. The Kier molecular flexibility index (Phi) is 2.49. The zero-order chi connectivity index (χ0) is 7.56. The first-order chi connectivity index (χ1) is 4.75. The van der Waals surface area contributed by atoms with Crippen LogP contribution in [0.3, 0.4) is 0 Å². The summed E-state index contributed by atoms with van der Waals surface area (Å²) < 4.78 is 2.14. The average molecular weight is 203 g/mol. The molecule has 1 aromatic rings. The van der Waals surface area contributed by atoms with Gasteiger partial charge in [-0.05, 0) is 13.8 Å². The summed E-state index contributed by atoms with van der Waals surface area (Å²) >= 11 is 3.38. The van der Waals surface area contributed by atoms with E-state index < -0.39 is 0 Å². The number of hydrogen-bond donors (Lipinski definition) is 0. The molecule has 10 heavy (non-hydrogen) atoms. The number of hydrogen-bond acceptors (Lipinski definition) is 1. The van der Waals surface area contributed by atoms with Gasteiger partial charge >= 0.3 is 0 Å². The van der Waals surface area contributed by atoms with E-state index in [2.05, 4.69) is 32.4 Å². The van der Waals surface area contributed by atoms with Gasteiger partial charge in [0.2, 0.25) is 0 Å². The molecule has 0 aliphatic rings. The van der Waals surface area contributed by atoms with Gasteiger partial charge in [-0.1, -0.05) is 15.9 Å². The highest BCUT2D eigenvalue weighted by molar-refractivity contribution is 9.09. The van der Waals surface area contributed by atoms with E-state index in [0.29, 0.717) is 0 Å². The van der Waals surface area contributed by atoms with Crippen molar-refractivity contribution in [3.05, 3.63) is 17.7 Å². The molecule has 2 nitrogen and oxygen atoms in total. The van der Waals surface area contributed by atoms with Crippen LogP contribution in [0.15, 0.2) is 6.33 Å². The fourth-order valence-electron chi connectivity index (χ4n) is 0.861. The molecule has 0 saturated heterocycles. The Morgan fingerprint density at radius 2 is 2.30 bits per heavy atom. The molecule has 0 atom stereocenters. The summed E-state index contributed by atoms with van der Waals surface area (Å²) in [6, 6.07) is 0. The van der Waals surface area contributed by atoms with Gasteiger partial charge in [-0.3, -0.25) is 0 Å². The zero-order valence-electron chi connectivity index (χ0n) is 6.26. The van der Waals surface area contributed by atoms with Crippen LogP contribution in [-0.2, 0) is 6.54 Å². The molecule has 0 saturated carbocycles. The fraction of sp³-hybridized carbons (Fsp3) is 0.571. The number of imidazole rings is 1. The summed E-state index contributed by atoms with van der Waals surface area (Å²) in [5.41, 5.74) is 2.39. The van der Waals surface area contributed by atoms with E-state index in [1.807, 2.05) is 13.3 Å². The van der Waals surface area contributed by atoms with Crippen LogP contribution < -0.4 is 0 Å². The first-order valence-corrected chi connectivity index (χ1v) is 4.42. The Hall–Kier alpha value is -0.310. The number of nitrogens with zero attached hydrogens (tertiary/aromatic N) is 2. The number of alkyl halides is 1. The smallest absolute Gasteiger partial charge is 0.0951 e. The third kappa shape index (κ3) is 1.40. The van der Waals surface area contributed by atoms with Crippen molar-refractivity contribution in [1.82, 2.24) is 9.55 Å². The third-order valence-electron chi connectivity index (χ3n) is 1.67. The number of halogens is 1. The molecule has 0 radical (unpaired) electrons. The molecule has 0 bridgehead atoms. The lowest BCUT2D eigenvalue weighted by Crippen LogP contribution is -1.99. The fourth-order valence-corrected chi connectivity index (χ4v) is 1.24. The molecule has 0 aromatic carbocycles. The van der Waals surface area contributed by atoms with E-state index in [4.69, 9.17) is 0 Å². The normalized spacial score (nSPS) is 10.3. The molecule has 1 rings (SSSR count). The zero-order valence-corrected chi connectivity index (χ0v) is 7.85. The van der Waals surface area contributed by atoms with E-state index in [-0.39, 0.29) is 0 Å². The number of aryl methyl sites for hydroxylation is 2. The predicted octanol–water partition coefficient (Wildman–Crippen LogP) is 1.89. The minimum Gasteiger partial charge on any atom is -0.334 e.